The van der Waals surface area contributed by atoms with Gasteiger partial charge in [0.05, 0.1) is 35.7 Å². The van der Waals surface area contributed by atoms with Gasteiger partial charge in [0, 0.05) is 18.7 Å². The Balaban J connectivity index is 1.11. The first-order chi connectivity index (χ1) is 20.8. The van der Waals surface area contributed by atoms with Crippen LogP contribution in [0.3, 0.4) is 0 Å². The number of rotatable bonds is 7. The van der Waals surface area contributed by atoms with Crippen LogP contribution in [0.25, 0.3) is 16.7 Å². The van der Waals surface area contributed by atoms with Gasteiger partial charge in [0.2, 0.25) is 0 Å². The number of carbonyl (C=O) groups excluding carboxylic acids is 1. The Kier molecular flexibility index (Phi) is 7.44. The maximum absolute atomic E-state index is 13.3. The van der Waals surface area contributed by atoms with Crippen molar-refractivity contribution < 1.29 is 19.0 Å². The van der Waals surface area contributed by atoms with Crippen molar-refractivity contribution in [2.24, 2.45) is 0 Å². The molecule has 0 spiro atoms. The van der Waals surface area contributed by atoms with Crippen LogP contribution in [-0.4, -0.2) is 53.9 Å². The predicted molar refractivity (Wildman–Crippen MR) is 155 cm³/mol. The Morgan fingerprint density at radius 3 is 2.40 bits per heavy atom. The van der Waals surface area contributed by atoms with Crippen molar-refractivity contribution in [3.8, 4) is 17.5 Å². The van der Waals surface area contributed by atoms with Crippen molar-refractivity contribution in [1.29, 1.82) is 5.26 Å². The standard InChI is InChI=1S/C32H27FN6O4/c33-25-7-5-24(6-8-25)30(40)37-15-13-32(42,14-16-37)20-38-21-35-29-28(31(38)41)18-36-39(29)26-9-11-27(12-10-26)43-19-23-3-1-22(17-34)2-4-23/h1-12,18,21,42H,13-16,19-20H2. The van der Waals surface area contributed by atoms with E-state index in [1.807, 2.05) is 24.3 Å². The van der Waals surface area contributed by atoms with E-state index in [1.54, 1.807) is 33.8 Å². The number of nitrogens with zero attached hydrogens (tertiary/aromatic N) is 6. The lowest BCUT2D eigenvalue weighted by Gasteiger charge is -2.38. The average molecular weight is 579 g/mol. The van der Waals surface area contributed by atoms with Gasteiger partial charge in [0.25, 0.3) is 11.5 Å². The van der Waals surface area contributed by atoms with Crippen LogP contribution in [0.5, 0.6) is 5.75 Å². The molecule has 3 heterocycles. The number of piperidine rings is 1. The highest BCUT2D eigenvalue weighted by atomic mass is 19.1. The summed E-state index contributed by atoms with van der Waals surface area (Å²) in [6, 6.07) is 21.9. The number of fused-ring (bicyclic) bond motifs is 1. The molecule has 5 aromatic rings. The van der Waals surface area contributed by atoms with Gasteiger partial charge in [0.15, 0.2) is 5.65 Å². The molecule has 1 aliphatic rings. The van der Waals surface area contributed by atoms with Crippen molar-refractivity contribution in [2.45, 2.75) is 31.6 Å². The fourth-order valence-electron chi connectivity index (χ4n) is 5.15. The topological polar surface area (TPSA) is 126 Å². The van der Waals surface area contributed by atoms with Crippen molar-refractivity contribution in [3.63, 3.8) is 0 Å². The van der Waals surface area contributed by atoms with Crippen LogP contribution in [-0.2, 0) is 13.2 Å². The van der Waals surface area contributed by atoms with Crippen LogP contribution in [0.4, 0.5) is 4.39 Å². The number of benzene rings is 3. The Labute approximate surface area is 245 Å². The minimum absolute atomic E-state index is 0.0316. The van der Waals surface area contributed by atoms with E-state index in [0.717, 1.165) is 5.56 Å². The van der Waals surface area contributed by atoms with Crippen LogP contribution in [0.15, 0.2) is 90.1 Å². The summed E-state index contributed by atoms with van der Waals surface area (Å²) in [6.45, 7) is 1.00. The summed E-state index contributed by atoms with van der Waals surface area (Å²) in [5, 5.41) is 24.9. The molecule has 11 heteroatoms. The molecular formula is C32H27FN6O4. The van der Waals surface area contributed by atoms with Crippen LogP contribution in [0.2, 0.25) is 0 Å². The quantitative estimate of drug-likeness (QED) is 0.311. The zero-order valence-corrected chi connectivity index (χ0v) is 23.1. The van der Waals surface area contributed by atoms with Crippen LogP contribution in [0, 0.1) is 17.1 Å². The van der Waals surface area contributed by atoms with Crippen LogP contribution in [0.1, 0.15) is 34.3 Å². The molecule has 0 atom stereocenters. The first-order valence-corrected chi connectivity index (χ1v) is 13.7. The summed E-state index contributed by atoms with van der Waals surface area (Å²) >= 11 is 0. The minimum Gasteiger partial charge on any atom is -0.489 e. The fraction of sp³-hybridized carbons (Fsp3) is 0.219. The van der Waals surface area contributed by atoms with Crippen molar-refractivity contribution >= 4 is 16.9 Å². The number of halogens is 1. The van der Waals surface area contributed by atoms with Crippen molar-refractivity contribution in [3.05, 3.63) is 118 Å². The highest BCUT2D eigenvalue weighted by Gasteiger charge is 2.35. The van der Waals surface area contributed by atoms with Crippen molar-refractivity contribution in [2.75, 3.05) is 13.1 Å². The lowest BCUT2D eigenvalue weighted by molar-refractivity contribution is -0.0299. The van der Waals surface area contributed by atoms with Gasteiger partial charge in [-0.15, -0.1) is 0 Å². The van der Waals surface area contributed by atoms with E-state index in [0.29, 0.717) is 53.3 Å². The van der Waals surface area contributed by atoms with Gasteiger partial charge in [-0.05, 0) is 79.1 Å². The minimum atomic E-state index is -1.19. The molecule has 0 saturated carbocycles. The molecule has 10 nitrogen and oxygen atoms in total. The molecule has 216 valence electrons. The third-order valence-electron chi connectivity index (χ3n) is 7.66. The fourth-order valence-corrected chi connectivity index (χ4v) is 5.15. The Hall–Kier alpha value is -5.34. The van der Waals surface area contributed by atoms with Gasteiger partial charge in [-0.1, -0.05) is 12.1 Å². The highest BCUT2D eigenvalue weighted by Crippen LogP contribution is 2.26. The number of nitriles is 1. The molecule has 1 saturated heterocycles. The first-order valence-electron chi connectivity index (χ1n) is 13.7. The van der Waals surface area contributed by atoms with E-state index >= 15 is 0 Å². The molecule has 3 aromatic carbocycles. The average Bonchev–Trinajstić information content (AvgIpc) is 3.47. The molecule has 0 bridgehead atoms. The number of hydrogen-bond acceptors (Lipinski definition) is 7. The van der Waals surface area contributed by atoms with Gasteiger partial charge in [-0.3, -0.25) is 14.2 Å². The molecule has 1 amide bonds. The smallest absolute Gasteiger partial charge is 0.264 e. The number of aliphatic hydroxyl groups is 1. The number of likely N-dealkylation sites (tertiary alicyclic amines) is 1. The molecule has 0 radical (unpaired) electrons. The largest absolute Gasteiger partial charge is 0.489 e. The summed E-state index contributed by atoms with van der Waals surface area (Å²) < 4.78 is 22.0. The second-order valence-electron chi connectivity index (χ2n) is 10.6. The molecular weight excluding hydrogens is 551 g/mol. The zero-order valence-electron chi connectivity index (χ0n) is 23.1. The summed E-state index contributed by atoms with van der Waals surface area (Å²) in [5.41, 5.74) is 1.49. The van der Waals surface area contributed by atoms with E-state index in [-0.39, 0.29) is 30.9 Å². The van der Waals surface area contributed by atoms with E-state index in [9.17, 15) is 19.1 Å². The Morgan fingerprint density at radius 1 is 1.02 bits per heavy atom. The van der Waals surface area contributed by atoms with Gasteiger partial charge < -0.3 is 14.7 Å². The molecule has 1 aliphatic heterocycles. The molecule has 2 aromatic heterocycles. The monoisotopic (exact) mass is 578 g/mol. The normalized spacial score (nSPS) is 14.4. The Morgan fingerprint density at radius 2 is 1.72 bits per heavy atom. The van der Waals surface area contributed by atoms with Crippen LogP contribution < -0.4 is 10.3 Å². The lowest BCUT2D eigenvalue weighted by Crippen LogP contribution is -2.49. The number of ether oxygens (including phenoxy) is 1. The first kappa shape index (κ1) is 27.8. The van der Waals surface area contributed by atoms with E-state index < -0.39 is 11.4 Å². The summed E-state index contributed by atoms with van der Waals surface area (Å²) in [7, 11) is 0. The van der Waals surface area contributed by atoms with Crippen molar-refractivity contribution in [1.82, 2.24) is 24.2 Å². The predicted octanol–water partition coefficient (Wildman–Crippen LogP) is 3.84. The molecule has 0 aliphatic carbocycles. The summed E-state index contributed by atoms with van der Waals surface area (Å²) in [4.78, 5) is 32.2. The SMILES string of the molecule is N#Cc1ccc(COc2ccc(-n3ncc4c(=O)n(CC5(O)CCN(C(=O)c6ccc(F)cc6)CC5)cnc43)cc2)cc1. The number of hydrogen-bond donors (Lipinski definition) is 1. The van der Waals surface area contributed by atoms with Gasteiger partial charge >= 0.3 is 0 Å². The number of amides is 1. The maximum Gasteiger partial charge on any atom is 0.264 e. The molecule has 43 heavy (non-hydrogen) atoms. The Bertz CT molecular complexity index is 1870. The third-order valence-corrected chi connectivity index (χ3v) is 7.66. The maximum atomic E-state index is 13.3. The summed E-state index contributed by atoms with van der Waals surface area (Å²) in [6.07, 6.45) is 3.43. The van der Waals surface area contributed by atoms with Crippen LogP contribution >= 0.6 is 0 Å². The van der Waals surface area contributed by atoms with E-state index in [1.165, 1.54) is 41.4 Å². The molecule has 1 fully saturated rings. The molecule has 0 unspecified atom stereocenters. The van der Waals surface area contributed by atoms with E-state index in [4.69, 9.17) is 10.00 Å². The highest BCUT2D eigenvalue weighted by molar-refractivity contribution is 5.94. The molecule has 1 N–H and O–H groups in total. The van der Waals surface area contributed by atoms with Gasteiger partial charge in [0.1, 0.15) is 29.9 Å². The third kappa shape index (κ3) is 5.86. The number of aromatic nitrogens is 4. The van der Waals surface area contributed by atoms with Gasteiger partial charge in [-0.2, -0.15) is 10.4 Å². The second-order valence-corrected chi connectivity index (χ2v) is 10.6. The zero-order chi connectivity index (χ0) is 30.0. The lowest BCUT2D eigenvalue weighted by atomic mass is 9.91. The summed E-state index contributed by atoms with van der Waals surface area (Å²) in [5.74, 6) is 0.0187. The van der Waals surface area contributed by atoms with Gasteiger partial charge in [-0.25, -0.2) is 14.1 Å². The van der Waals surface area contributed by atoms with E-state index in [2.05, 4.69) is 16.2 Å². The second kappa shape index (κ2) is 11.5. The molecule has 6 rings (SSSR count). The number of carbonyl (C=O) groups is 1.